The molecule has 1 heterocycles. The van der Waals surface area contributed by atoms with Crippen LogP contribution in [0.15, 0.2) is 48.7 Å². The maximum Gasteiger partial charge on any atom is 0.0929 e. The highest BCUT2D eigenvalue weighted by Gasteiger charge is 1.94. The zero-order chi connectivity index (χ0) is 12.3. The van der Waals surface area contributed by atoms with Crippen LogP contribution in [0.5, 0.6) is 0 Å². The van der Waals surface area contributed by atoms with Gasteiger partial charge >= 0.3 is 0 Å². The molecule has 0 unspecified atom stereocenters. The Morgan fingerprint density at radius 2 is 1.65 bits per heavy atom. The quantitative estimate of drug-likeness (QED) is 0.812. The van der Waals surface area contributed by atoms with Gasteiger partial charge in [-0.2, -0.15) is 10.2 Å². The third kappa shape index (κ3) is 5.22. The minimum atomic E-state index is 0.844. The fourth-order valence-electron chi connectivity index (χ4n) is 1.27. The van der Waals surface area contributed by atoms with Gasteiger partial charge < -0.3 is 4.74 Å². The highest BCUT2D eigenvalue weighted by atomic mass is 16.5. The van der Waals surface area contributed by atoms with Gasteiger partial charge in [-0.05, 0) is 26.0 Å². The van der Waals surface area contributed by atoms with Crippen LogP contribution in [0.25, 0.3) is 11.3 Å². The summed E-state index contributed by atoms with van der Waals surface area (Å²) < 4.78 is 4.83. The number of nitrogens with zero attached hydrogens (tertiary/aromatic N) is 2. The van der Waals surface area contributed by atoms with Crippen molar-refractivity contribution < 1.29 is 4.74 Å². The second-order valence-corrected chi connectivity index (χ2v) is 3.26. The van der Waals surface area contributed by atoms with Crippen LogP contribution in [0.3, 0.4) is 0 Å². The molecule has 0 atom stereocenters. The van der Waals surface area contributed by atoms with Crippen LogP contribution in [0, 0.1) is 0 Å². The number of hydrogen-bond donors (Lipinski definition) is 0. The molecule has 0 N–H and O–H groups in total. The molecule has 0 saturated carbocycles. The van der Waals surface area contributed by atoms with Crippen LogP contribution in [0.2, 0.25) is 0 Å². The first kappa shape index (κ1) is 13.3. The van der Waals surface area contributed by atoms with Gasteiger partial charge in [0, 0.05) is 25.0 Å². The summed E-state index contributed by atoms with van der Waals surface area (Å²) >= 11 is 0. The molecule has 90 valence electrons. The lowest BCUT2D eigenvalue weighted by atomic mass is 10.1. The highest BCUT2D eigenvalue weighted by Crippen LogP contribution is 2.13. The van der Waals surface area contributed by atoms with Gasteiger partial charge in [-0.1, -0.05) is 30.3 Å². The molecule has 0 saturated heterocycles. The fraction of sp³-hybridized carbons (Fsp3) is 0.286. The smallest absolute Gasteiger partial charge is 0.0929 e. The predicted octanol–water partition coefficient (Wildman–Crippen LogP) is 3.19. The van der Waals surface area contributed by atoms with E-state index in [9.17, 15) is 0 Å². The van der Waals surface area contributed by atoms with Crippen LogP contribution in [0.1, 0.15) is 13.8 Å². The van der Waals surface area contributed by atoms with Crippen molar-refractivity contribution in [3.8, 4) is 11.3 Å². The molecule has 3 heteroatoms. The van der Waals surface area contributed by atoms with Crippen LogP contribution in [-0.4, -0.2) is 23.4 Å². The maximum absolute atomic E-state index is 4.83. The average molecular weight is 230 g/mol. The zero-order valence-electron chi connectivity index (χ0n) is 10.3. The van der Waals surface area contributed by atoms with E-state index in [0.717, 1.165) is 24.5 Å². The van der Waals surface area contributed by atoms with E-state index in [4.69, 9.17) is 4.74 Å². The normalized spacial score (nSPS) is 9.29. The predicted molar refractivity (Wildman–Crippen MR) is 69.6 cm³/mol. The lowest BCUT2D eigenvalue weighted by Gasteiger charge is -1.96. The Balaban J connectivity index is 0.000000249. The Kier molecular flexibility index (Phi) is 6.60. The molecule has 0 aliphatic carbocycles. The summed E-state index contributed by atoms with van der Waals surface area (Å²) in [5, 5.41) is 7.81. The first-order valence-electron chi connectivity index (χ1n) is 5.79. The van der Waals surface area contributed by atoms with Gasteiger partial charge in [0.25, 0.3) is 0 Å². The topological polar surface area (TPSA) is 35.0 Å². The van der Waals surface area contributed by atoms with Gasteiger partial charge in [-0.3, -0.25) is 0 Å². The van der Waals surface area contributed by atoms with Gasteiger partial charge in [-0.25, -0.2) is 0 Å². The number of ether oxygens (including phenoxy) is 1. The molecule has 0 bridgehead atoms. The Morgan fingerprint density at radius 3 is 2.12 bits per heavy atom. The summed E-state index contributed by atoms with van der Waals surface area (Å²) in [6.45, 7) is 5.67. The van der Waals surface area contributed by atoms with E-state index >= 15 is 0 Å². The van der Waals surface area contributed by atoms with Crippen LogP contribution < -0.4 is 0 Å². The fourth-order valence-corrected chi connectivity index (χ4v) is 1.27. The monoisotopic (exact) mass is 230 g/mol. The van der Waals surface area contributed by atoms with Crippen molar-refractivity contribution in [2.75, 3.05) is 13.2 Å². The third-order valence-corrected chi connectivity index (χ3v) is 2.05. The number of benzene rings is 1. The Morgan fingerprint density at radius 1 is 0.941 bits per heavy atom. The average Bonchev–Trinajstić information content (AvgIpc) is 2.42. The Bertz CT molecular complexity index is 350. The molecule has 1 aromatic heterocycles. The maximum atomic E-state index is 4.83. The molecule has 0 fully saturated rings. The summed E-state index contributed by atoms with van der Waals surface area (Å²) in [4.78, 5) is 0. The van der Waals surface area contributed by atoms with E-state index in [1.807, 2.05) is 56.3 Å². The summed E-state index contributed by atoms with van der Waals surface area (Å²) in [5.41, 5.74) is 2.02. The number of aromatic nitrogens is 2. The van der Waals surface area contributed by atoms with Gasteiger partial charge in [0.1, 0.15) is 0 Å². The third-order valence-electron chi connectivity index (χ3n) is 2.05. The molecule has 3 nitrogen and oxygen atoms in total. The van der Waals surface area contributed by atoms with Gasteiger partial charge in [-0.15, -0.1) is 0 Å². The summed E-state index contributed by atoms with van der Waals surface area (Å²) in [7, 11) is 0. The molecule has 2 aromatic rings. The van der Waals surface area contributed by atoms with E-state index in [1.165, 1.54) is 0 Å². The second-order valence-electron chi connectivity index (χ2n) is 3.26. The SMILES string of the molecule is CCOCC.c1ccc(-c2cccnn2)cc1. The molecule has 0 aliphatic heterocycles. The van der Waals surface area contributed by atoms with E-state index in [-0.39, 0.29) is 0 Å². The van der Waals surface area contributed by atoms with Gasteiger partial charge in [0.2, 0.25) is 0 Å². The molecule has 0 spiro atoms. The van der Waals surface area contributed by atoms with Gasteiger partial charge in [0.05, 0.1) is 5.69 Å². The standard InChI is InChI=1S/C10H8N2.C4H10O/c1-2-5-9(6-3-1)10-7-4-8-11-12-10;1-3-5-4-2/h1-8H;3-4H2,1-2H3. The van der Waals surface area contributed by atoms with Crippen molar-refractivity contribution in [3.05, 3.63) is 48.7 Å². The van der Waals surface area contributed by atoms with Crippen molar-refractivity contribution in [1.82, 2.24) is 10.2 Å². The minimum absolute atomic E-state index is 0.844. The minimum Gasteiger partial charge on any atom is -0.382 e. The molecular formula is C14H18N2O. The summed E-state index contributed by atoms with van der Waals surface area (Å²) in [6.07, 6.45) is 1.67. The van der Waals surface area contributed by atoms with Crippen LogP contribution in [0.4, 0.5) is 0 Å². The van der Waals surface area contributed by atoms with Crippen molar-refractivity contribution >= 4 is 0 Å². The zero-order valence-corrected chi connectivity index (χ0v) is 10.3. The molecular weight excluding hydrogens is 212 g/mol. The number of rotatable bonds is 3. The van der Waals surface area contributed by atoms with Crippen molar-refractivity contribution in [2.45, 2.75) is 13.8 Å². The van der Waals surface area contributed by atoms with Gasteiger partial charge in [0.15, 0.2) is 0 Å². The Labute approximate surface area is 102 Å². The van der Waals surface area contributed by atoms with E-state index in [2.05, 4.69) is 10.2 Å². The molecule has 0 radical (unpaired) electrons. The first-order valence-corrected chi connectivity index (χ1v) is 5.79. The summed E-state index contributed by atoms with van der Waals surface area (Å²) in [6, 6.07) is 13.8. The number of hydrogen-bond acceptors (Lipinski definition) is 3. The van der Waals surface area contributed by atoms with E-state index < -0.39 is 0 Å². The Hall–Kier alpha value is -1.74. The first-order chi connectivity index (χ1) is 8.38. The largest absolute Gasteiger partial charge is 0.382 e. The molecule has 1 aromatic carbocycles. The lowest BCUT2D eigenvalue weighted by molar-refractivity contribution is 0.162. The highest BCUT2D eigenvalue weighted by molar-refractivity contribution is 5.57. The molecule has 0 amide bonds. The van der Waals surface area contributed by atoms with Crippen molar-refractivity contribution in [1.29, 1.82) is 0 Å². The van der Waals surface area contributed by atoms with Crippen molar-refractivity contribution in [3.63, 3.8) is 0 Å². The van der Waals surface area contributed by atoms with Crippen LogP contribution >= 0.6 is 0 Å². The van der Waals surface area contributed by atoms with Crippen molar-refractivity contribution in [2.24, 2.45) is 0 Å². The summed E-state index contributed by atoms with van der Waals surface area (Å²) in [5.74, 6) is 0. The van der Waals surface area contributed by atoms with E-state index in [0.29, 0.717) is 0 Å². The molecule has 0 aliphatic rings. The van der Waals surface area contributed by atoms with E-state index in [1.54, 1.807) is 6.20 Å². The second kappa shape index (κ2) is 8.42. The molecule has 17 heavy (non-hydrogen) atoms. The molecule has 2 rings (SSSR count). The van der Waals surface area contributed by atoms with Crippen LogP contribution in [-0.2, 0) is 4.74 Å². The lowest BCUT2D eigenvalue weighted by Crippen LogP contribution is -1.84.